The first-order valence-electron chi connectivity index (χ1n) is 9.10. The maximum Gasteiger partial charge on any atom is 0.500 e. The standard InChI is InChI=1S/C19H33NO3Si/c1-4-21-24(22-5-2,23-6-3)18-12-17-20-16-11-10-15-19-13-8-7-9-14-19/h7-10,13-15,20H,4-6,11-12,16-18H2,1-3H3. The largest absolute Gasteiger partial charge is 0.500 e. The van der Waals surface area contributed by atoms with Crippen molar-refractivity contribution in [1.29, 1.82) is 0 Å². The maximum absolute atomic E-state index is 5.86. The molecule has 0 atom stereocenters. The van der Waals surface area contributed by atoms with Gasteiger partial charge in [0.25, 0.3) is 0 Å². The molecule has 1 N–H and O–H groups in total. The summed E-state index contributed by atoms with van der Waals surface area (Å²) < 4.78 is 17.6. The molecule has 0 heterocycles. The molecule has 0 unspecified atom stereocenters. The lowest BCUT2D eigenvalue weighted by Crippen LogP contribution is -2.46. The van der Waals surface area contributed by atoms with E-state index < -0.39 is 8.80 Å². The van der Waals surface area contributed by atoms with Gasteiger partial charge in [-0.05, 0) is 52.3 Å². The van der Waals surface area contributed by atoms with Crippen LogP contribution in [0, 0.1) is 0 Å². The zero-order chi connectivity index (χ0) is 17.5. The fourth-order valence-electron chi connectivity index (χ4n) is 2.53. The molecule has 0 amide bonds. The van der Waals surface area contributed by atoms with Crippen LogP contribution < -0.4 is 5.32 Å². The molecule has 0 fully saturated rings. The Bertz CT molecular complexity index is 422. The lowest BCUT2D eigenvalue weighted by Gasteiger charge is -2.28. The molecule has 1 rings (SSSR count). The van der Waals surface area contributed by atoms with Crippen molar-refractivity contribution in [3.8, 4) is 0 Å². The SMILES string of the molecule is CCO[Si](CCCNCCC=Cc1ccccc1)(OCC)OCC. The molecule has 0 saturated carbocycles. The van der Waals surface area contributed by atoms with Crippen LogP contribution in [0.2, 0.25) is 6.04 Å². The van der Waals surface area contributed by atoms with E-state index in [0.717, 1.165) is 32.0 Å². The second-order valence-corrected chi connectivity index (χ2v) is 8.17. The minimum absolute atomic E-state index is 0.643. The van der Waals surface area contributed by atoms with Crippen LogP contribution in [0.3, 0.4) is 0 Å². The van der Waals surface area contributed by atoms with Gasteiger partial charge in [0.15, 0.2) is 0 Å². The summed E-state index contributed by atoms with van der Waals surface area (Å²) in [6.07, 6.45) is 6.41. The topological polar surface area (TPSA) is 39.7 Å². The van der Waals surface area contributed by atoms with Gasteiger partial charge in [-0.25, -0.2) is 0 Å². The van der Waals surface area contributed by atoms with Crippen LogP contribution in [0.15, 0.2) is 36.4 Å². The van der Waals surface area contributed by atoms with E-state index in [1.54, 1.807) is 0 Å². The molecule has 0 radical (unpaired) electrons. The van der Waals surface area contributed by atoms with Crippen molar-refractivity contribution >= 4 is 14.9 Å². The number of benzene rings is 1. The third-order valence-corrected chi connectivity index (χ3v) is 6.68. The minimum atomic E-state index is -2.47. The Labute approximate surface area is 148 Å². The molecule has 136 valence electrons. The van der Waals surface area contributed by atoms with Crippen molar-refractivity contribution in [1.82, 2.24) is 5.32 Å². The summed E-state index contributed by atoms with van der Waals surface area (Å²) in [5.74, 6) is 0. The second-order valence-electron chi connectivity index (χ2n) is 5.44. The van der Waals surface area contributed by atoms with Gasteiger partial charge in [0.2, 0.25) is 0 Å². The average Bonchev–Trinajstić information content (AvgIpc) is 2.59. The van der Waals surface area contributed by atoms with E-state index in [2.05, 4.69) is 41.7 Å². The Morgan fingerprint density at radius 2 is 1.54 bits per heavy atom. The van der Waals surface area contributed by atoms with Crippen molar-refractivity contribution in [3.05, 3.63) is 42.0 Å². The molecule has 0 aliphatic rings. The van der Waals surface area contributed by atoms with Crippen molar-refractivity contribution in [2.45, 2.75) is 39.7 Å². The lowest BCUT2D eigenvalue weighted by atomic mass is 10.2. The van der Waals surface area contributed by atoms with Crippen molar-refractivity contribution in [2.75, 3.05) is 32.9 Å². The van der Waals surface area contributed by atoms with Crippen LogP contribution in [0.4, 0.5) is 0 Å². The highest BCUT2D eigenvalue weighted by Gasteiger charge is 2.39. The first kappa shape index (κ1) is 21.1. The number of rotatable bonds is 14. The van der Waals surface area contributed by atoms with Gasteiger partial charge >= 0.3 is 8.80 Å². The molecular formula is C19H33NO3Si. The molecule has 1 aromatic rings. The Morgan fingerprint density at radius 1 is 0.917 bits per heavy atom. The summed E-state index contributed by atoms with van der Waals surface area (Å²) in [7, 11) is -2.47. The quantitative estimate of drug-likeness (QED) is 0.404. The van der Waals surface area contributed by atoms with E-state index in [0.29, 0.717) is 19.8 Å². The van der Waals surface area contributed by atoms with Crippen molar-refractivity contribution in [2.24, 2.45) is 0 Å². The van der Waals surface area contributed by atoms with Gasteiger partial charge in [-0.1, -0.05) is 42.5 Å². The lowest BCUT2D eigenvalue weighted by molar-refractivity contribution is 0.0708. The monoisotopic (exact) mass is 351 g/mol. The van der Waals surface area contributed by atoms with Crippen LogP contribution >= 0.6 is 0 Å². The van der Waals surface area contributed by atoms with Gasteiger partial charge in [-0.15, -0.1) is 0 Å². The van der Waals surface area contributed by atoms with E-state index in [9.17, 15) is 0 Å². The molecule has 0 saturated heterocycles. The molecule has 0 aromatic heterocycles. The zero-order valence-electron chi connectivity index (χ0n) is 15.4. The normalized spacial score (nSPS) is 12.1. The van der Waals surface area contributed by atoms with E-state index in [1.165, 1.54) is 5.56 Å². The van der Waals surface area contributed by atoms with E-state index in [-0.39, 0.29) is 0 Å². The molecule has 0 spiro atoms. The van der Waals surface area contributed by atoms with Gasteiger partial charge in [0.05, 0.1) is 0 Å². The molecule has 0 bridgehead atoms. The molecule has 4 nitrogen and oxygen atoms in total. The fraction of sp³-hybridized carbons (Fsp3) is 0.579. The van der Waals surface area contributed by atoms with Gasteiger partial charge < -0.3 is 18.6 Å². The summed E-state index contributed by atoms with van der Waals surface area (Å²) in [6, 6.07) is 11.3. The van der Waals surface area contributed by atoms with E-state index >= 15 is 0 Å². The van der Waals surface area contributed by atoms with Gasteiger partial charge in [-0.2, -0.15) is 0 Å². The first-order chi connectivity index (χ1) is 11.8. The highest BCUT2D eigenvalue weighted by atomic mass is 28.4. The predicted molar refractivity (Wildman–Crippen MR) is 103 cm³/mol. The van der Waals surface area contributed by atoms with Crippen LogP contribution in [0.1, 0.15) is 39.2 Å². The highest BCUT2D eigenvalue weighted by Crippen LogP contribution is 2.17. The molecular weight excluding hydrogens is 318 g/mol. The van der Waals surface area contributed by atoms with Crippen LogP contribution in [-0.4, -0.2) is 41.7 Å². The third-order valence-electron chi connectivity index (χ3n) is 3.53. The van der Waals surface area contributed by atoms with Gasteiger partial charge in [0, 0.05) is 25.9 Å². The van der Waals surface area contributed by atoms with Gasteiger partial charge in [-0.3, -0.25) is 0 Å². The Hall–Kier alpha value is -0.983. The number of hydrogen-bond acceptors (Lipinski definition) is 4. The first-order valence-corrected chi connectivity index (χ1v) is 11.0. The molecule has 5 heteroatoms. The molecule has 1 aromatic carbocycles. The number of nitrogens with one attached hydrogen (secondary N) is 1. The second kappa shape index (κ2) is 13.3. The maximum atomic E-state index is 5.86. The highest BCUT2D eigenvalue weighted by molar-refractivity contribution is 6.60. The molecule has 24 heavy (non-hydrogen) atoms. The summed E-state index contributed by atoms with van der Waals surface area (Å²) in [4.78, 5) is 0. The number of hydrogen-bond donors (Lipinski definition) is 1. The molecule has 0 aliphatic carbocycles. The van der Waals surface area contributed by atoms with Crippen molar-refractivity contribution in [3.63, 3.8) is 0 Å². The van der Waals surface area contributed by atoms with E-state index in [4.69, 9.17) is 13.3 Å². The predicted octanol–water partition coefficient (Wildman–Crippen LogP) is 4.12. The van der Waals surface area contributed by atoms with E-state index in [1.807, 2.05) is 26.8 Å². The van der Waals surface area contributed by atoms with Gasteiger partial charge in [0.1, 0.15) is 0 Å². The van der Waals surface area contributed by atoms with Crippen LogP contribution in [0.25, 0.3) is 6.08 Å². The summed E-state index contributed by atoms with van der Waals surface area (Å²) >= 11 is 0. The summed E-state index contributed by atoms with van der Waals surface area (Å²) in [5.41, 5.74) is 1.25. The Kier molecular flexibility index (Phi) is 11.7. The average molecular weight is 352 g/mol. The Balaban J connectivity index is 2.19. The minimum Gasteiger partial charge on any atom is -0.374 e. The summed E-state index contributed by atoms with van der Waals surface area (Å²) in [6.45, 7) is 9.86. The Morgan fingerprint density at radius 3 is 2.12 bits per heavy atom. The molecule has 0 aliphatic heterocycles. The van der Waals surface area contributed by atoms with Crippen LogP contribution in [-0.2, 0) is 13.3 Å². The fourth-order valence-corrected chi connectivity index (χ4v) is 5.14. The van der Waals surface area contributed by atoms with Crippen molar-refractivity contribution < 1.29 is 13.3 Å². The van der Waals surface area contributed by atoms with Crippen LogP contribution in [0.5, 0.6) is 0 Å². The summed E-state index contributed by atoms with van der Waals surface area (Å²) in [5, 5.41) is 3.47. The zero-order valence-corrected chi connectivity index (χ0v) is 16.4. The third kappa shape index (κ3) is 8.75. The smallest absolute Gasteiger partial charge is 0.374 e.